The zero-order chi connectivity index (χ0) is 17.6. The average Bonchev–Trinajstić information content (AvgIpc) is 3.04. The first-order valence-corrected chi connectivity index (χ1v) is 9.60. The van der Waals surface area contributed by atoms with E-state index in [1.54, 1.807) is 6.92 Å². The molecule has 2 N–H and O–H groups in total. The maximum absolute atomic E-state index is 12.4. The fraction of sp³-hybridized carbons (Fsp3) is 0.667. The standard InChI is InChI=1S/C15H25N3O5S.2ClH/c1-3-12-14(11-13(23-12)15(19)22-2)24(20,21)17-5-4-8-18-9-6-16-7-10-18;;/h11,16-17H,3-10H2,1-2H3;2*1H. The van der Waals surface area contributed by atoms with Gasteiger partial charge in [0.25, 0.3) is 0 Å². The summed E-state index contributed by atoms with van der Waals surface area (Å²) in [7, 11) is -2.49. The Labute approximate surface area is 166 Å². The van der Waals surface area contributed by atoms with E-state index in [-0.39, 0.29) is 41.2 Å². The van der Waals surface area contributed by atoms with Crippen LogP contribution < -0.4 is 10.0 Å². The van der Waals surface area contributed by atoms with Crippen molar-refractivity contribution < 1.29 is 22.4 Å². The van der Waals surface area contributed by atoms with Gasteiger partial charge >= 0.3 is 5.97 Å². The van der Waals surface area contributed by atoms with Crippen molar-refractivity contribution in [2.45, 2.75) is 24.7 Å². The van der Waals surface area contributed by atoms with Crippen LogP contribution in [0.25, 0.3) is 0 Å². The molecule has 1 saturated heterocycles. The van der Waals surface area contributed by atoms with Crippen LogP contribution in [0.1, 0.15) is 29.7 Å². The van der Waals surface area contributed by atoms with Gasteiger partial charge in [0.05, 0.1) is 7.11 Å². The zero-order valence-electron chi connectivity index (χ0n) is 14.9. The summed E-state index contributed by atoms with van der Waals surface area (Å²) in [5.74, 6) is -0.537. The van der Waals surface area contributed by atoms with Gasteiger partial charge in [-0.05, 0) is 13.0 Å². The van der Waals surface area contributed by atoms with Gasteiger partial charge in [-0.3, -0.25) is 0 Å². The topological polar surface area (TPSA) is 101 Å². The molecule has 0 bridgehead atoms. The van der Waals surface area contributed by atoms with Crippen molar-refractivity contribution in [2.75, 3.05) is 46.4 Å². The number of nitrogens with zero attached hydrogens (tertiary/aromatic N) is 1. The number of carbonyl (C=O) groups excluding carboxylic acids is 1. The lowest BCUT2D eigenvalue weighted by atomic mass is 10.3. The van der Waals surface area contributed by atoms with Crippen LogP contribution >= 0.6 is 24.8 Å². The summed E-state index contributed by atoms with van der Waals surface area (Å²) in [6, 6.07) is 1.23. The number of aryl methyl sites for hydroxylation is 1. The molecular weight excluding hydrogens is 405 g/mol. The third kappa shape index (κ3) is 6.71. The molecule has 0 atom stereocenters. The van der Waals surface area contributed by atoms with E-state index in [0.29, 0.717) is 13.0 Å². The lowest BCUT2D eigenvalue weighted by Gasteiger charge is -2.27. The monoisotopic (exact) mass is 431 g/mol. The number of nitrogens with one attached hydrogen (secondary N) is 2. The molecule has 0 amide bonds. The molecule has 1 aromatic rings. The number of rotatable bonds is 8. The summed E-state index contributed by atoms with van der Waals surface area (Å²) in [5, 5.41) is 3.28. The van der Waals surface area contributed by atoms with Gasteiger partial charge < -0.3 is 19.4 Å². The van der Waals surface area contributed by atoms with Crippen LogP contribution in [0.3, 0.4) is 0 Å². The average molecular weight is 432 g/mol. The molecule has 0 saturated carbocycles. The van der Waals surface area contributed by atoms with Crippen molar-refractivity contribution in [2.24, 2.45) is 0 Å². The van der Waals surface area contributed by atoms with Gasteiger partial charge in [-0.1, -0.05) is 6.92 Å². The molecule has 1 fully saturated rings. The van der Waals surface area contributed by atoms with Crippen LogP contribution in [-0.4, -0.2) is 65.7 Å². The smallest absolute Gasteiger partial charge is 0.373 e. The molecule has 2 heterocycles. The quantitative estimate of drug-likeness (QED) is 0.468. The first kappa shape index (κ1) is 25.2. The first-order chi connectivity index (χ1) is 11.5. The van der Waals surface area contributed by atoms with Gasteiger partial charge in [-0.25, -0.2) is 17.9 Å². The van der Waals surface area contributed by atoms with Crippen LogP contribution in [0.2, 0.25) is 0 Å². The molecule has 1 aliphatic rings. The molecule has 0 aliphatic carbocycles. The number of hydrogen-bond donors (Lipinski definition) is 2. The number of ether oxygens (including phenoxy) is 1. The predicted molar refractivity (Wildman–Crippen MR) is 103 cm³/mol. The number of esters is 1. The number of carbonyl (C=O) groups is 1. The van der Waals surface area contributed by atoms with Gasteiger partial charge in [0, 0.05) is 45.2 Å². The Morgan fingerprint density at radius 2 is 2.00 bits per heavy atom. The van der Waals surface area contributed by atoms with Crippen molar-refractivity contribution in [3.8, 4) is 0 Å². The summed E-state index contributed by atoms with van der Waals surface area (Å²) in [6.07, 6.45) is 1.09. The number of hydrogen-bond acceptors (Lipinski definition) is 7. The second-order valence-electron chi connectivity index (χ2n) is 5.59. The lowest BCUT2D eigenvalue weighted by molar-refractivity contribution is 0.0563. The van der Waals surface area contributed by atoms with E-state index >= 15 is 0 Å². The summed E-state index contributed by atoms with van der Waals surface area (Å²) >= 11 is 0. The van der Waals surface area contributed by atoms with Crippen molar-refractivity contribution in [3.63, 3.8) is 0 Å². The lowest BCUT2D eigenvalue weighted by Crippen LogP contribution is -2.44. The minimum atomic E-state index is -3.71. The van der Waals surface area contributed by atoms with Gasteiger partial charge in [0.15, 0.2) is 0 Å². The van der Waals surface area contributed by atoms with E-state index in [9.17, 15) is 13.2 Å². The number of piperazine rings is 1. The predicted octanol–water partition coefficient (Wildman–Crippen LogP) is 1.05. The third-order valence-electron chi connectivity index (χ3n) is 3.92. The molecule has 1 aliphatic heterocycles. The Hall–Kier alpha value is -0.840. The molecule has 1 aromatic heterocycles. The Bertz CT molecular complexity index is 660. The summed E-state index contributed by atoms with van der Waals surface area (Å²) in [6.45, 7) is 6.86. The molecule has 0 radical (unpaired) electrons. The number of halogens is 2. The summed E-state index contributed by atoms with van der Waals surface area (Å²) < 4.78 is 37.3. The van der Waals surface area contributed by atoms with Crippen LogP contribution in [-0.2, 0) is 21.2 Å². The Morgan fingerprint density at radius 3 is 2.58 bits per heavy atom. The van der Waals surface area contributed by atoms with Crippen LogP contribution in [0.5, 0.6) is 0 Å². The molecule has 2 rings (SSSR count). The highest BCUT2D eigenvalue weighted by Crippen LogP contribution is 2.22. The first-order valence-electron chi connectivity index (χ1n) is 8.11. The highest BCUT2D eigenvalue weighted by Gasteiger charge is 2.25. The van der Waals surface area contributed by atoms with Crippen molar-refractivity contribution >= 4 is 40.8 Å². The molecule has 11 heteroatoms. The maximum atomic E-state index is 12.4. The van der Waals surface area contributed by atoms with E-state index in [2.05, 4.69) is 19.7 Å². The minimum absolute atomic E-state index is 0. The SMILES string of the molecule is CCc1oc(C(=O)OC)cc1S(=O)(=O)NCCCN1CCNCC1.Cl.Cl. The number of sulfonamides is 1. The highest BCUT2D eigenvalue weighted by atomic mass is 35.5. The van der Waals surface area contributed by atoms with Gasteiger partial charge in [-0.2, -0.15) is 0 Å². The van der Waals surface area contributed by atoms with Crippen LogP contribution in [0, 0.1) is 0 Å². The Balaban J connectivity index is 0.00000312. The summed E-state index contributed by atoms with van der Waals surface area (Å²) in [4.78, 5) is 13.8. The normalized spacial score (nSPS) is 15.0. The number of methoxy groups -OCH3 is 1. The number of furan rings is 1. The van der Waals surface area contributed by atoms with Gasteiger partial charge in [-0.15, -0.1) is 24.8 Å². The summed E-state index contributed by atoms with van der Waals surface area (Å²) in [5.41, 5.74) is 0. The van der Waals surface area contributed by atoms with E-state index in [4.69, 9.17) is 4.42 Å². The molecule has 8 nitrogen and oxygen atoms in total. The molecule has 0 unspecified atom stereocenters. The fourth-order valence-corrected chi connectivity index (χ4v) is 3.93. The van der Waals surface area contributed by atoms with E-state index in [0.717, 1.165) is 39.1 Å². The van der Waals surface area contributed by atoms with Crippen LogP contribution in [0.4, 0.5) is 0 Å². The fourth-order valence-electron chi connectivity index (χ4n) is 2.61. The largest absolute Gasteiger partial charge is 0.463 e. The van der Waals surface area contributed by atoms with E-state index in [1.807, 2.05) is 0 Å². The zero-order valence-corrected chi connectivity index (χ0v) is 17.4. The minimum Gasteiger partial charge on any atom is -0.463 e. The Kier molecular flexibility index (Phi) is 11.4. The highest BCUT2D eigenvalue weighted by molar-refractivity contribution is 7.89. The Morgan fingerprint density at radius 1 is 1.35 bits per heavy atom. The maximum Gasteiger partial charge on any atom is 0.373 e. The van der Waals surface area contributed by atoms with Crippen molar-refractivity contribution in [1.82, 2.24) is 14.9 Å². The van der Waals surface area contributed by atoms with Crippen molar-refractivity contribution in [3.05, 3.63) is 17.6 Å². The molecule has 0 aromatic carbocycles. The van der Waals surface area contributed by atoms with E-state index in [1.165, 1.54) is 13.2 Å². The molecule has 0 spiro atoms. The second kappa shape index (κ2) is 11.8. The third-order valence-corrected chi connectivity index (χ3v) is 5.43. The molecule has 26 heavy (non-hydrogen) atoms. The van der Waals surface area contributed by atoms with Crippen LogP contribution in [0.15, 0.2) is 15.4 Å². The van der Waals surface area contributed by atoms with Crippen molar-refractivity contribution in [1.29, 1.82) is 0 Å². The molecule has 152 valence electrons. The molecular formula is C15H27Cl2N3O5S. The van der Waals surface area contributed by atoms with E-state index < -0.39 is 16.0 Å². The van der Waals surface area contributed by atoms with Gasteiger partial charge in [0.1, 0.15) is 10.7 Å². The van der Waals surface area contributed by atoms with Gasteiger partial charge in [0.2, 0.25) is 15.8 Å². The second-order valence-corrected chi connectivity index (χ2v) is 7.32.